The minimum absolute atomic E-state index is 0.0813. The van der Waals surface area contributed by atoms with Crippen molar-refractivity contribution < 1.29 is 14.4 Å². The fourth-order valence-electron chi connectivity index (χ4n) is 2.64. The maximum atomic E-state index is 10.7. The van der Waals surface area contributed by atoms with Crippen LogP contribution in [0, 0.1) is 10.1 Å². The van der Waals surface area contributed by atoms with Crippen molar-refractivity contribution in [2.45, 2.75) is 0 Å². The molecule has 0 bridgehead atoms. The van der Waals surface area contributed by atoms with Crippen molar-refractivity contribution in [1.82, 2.24) is 0 Å². The van der Waals surface area contributed by atoms with Gasteiger partial charge >= 0.3 is 0 Å². The molecule has 0 radical (unpaired) electrons. The highest BCUT2D eigenvalue weighted by atomic mass is 16.6. The fraction of sp³-hybridized carbons (Fsp3) is 0.0870. The van der Waals surface area contributed by atoms with E-state index < -0.39 is 4.92 Å². The summed E-state index contributed by atoms with van der Waals surface area (Å²) in [6.45, 7) is 0. The van der Waals surface area contributed by atoms with Crippen LogP contribution in [0.5, 0.6) is 11.5 Å². The molecule has 3 aromatic rings. The Morgan fingerprint density at radius 3 is 2.03 bits per heavy atom. The van der Waals surface area contributed by atoms with Gasteiger partial charge in [0.2, 0.25) is 0 Å². The Bertz CT molecular complexity index is 1040. The molecule has 0 fully saturated rings. The number of hydrogen-bond acceptors (Lipinski definition) is 5. The number of nitro groups is 1. The van der Waals surface area contributed by atoms with Crippen molar-refractivity contribution in [3.05, 3.63) is 93.5 Å². The van der Waals surface area contributed by atoms with Crippen molar-refractivity contribution >= 4 is 29.7 Å². The number of aliphatic imine (C=N–C) groups is 1. The van der Waals surface area contributed by atoms with Crippen LogP contribution in [0.2, 0.25) is 0 Å². The minimum atomic E-state index is -0.408. The van der Waals surface area contributed by atoms with E-state index in [0.29, 0.717) is 5.75 Å². The first kappa shape index (κ1) is 19.8. The maximum absolute atomic E-state index is 10.7. The summed E-state index contributed by atoms with van der Waals surface area (Å²) < 4.78 is 10.6. The van der Waals surface area contributed by atoms with Crippen LogP contribution in [0.15, 0.2) is 71.7 Å². The van der Waals surface area contributed by atoms with Gasteiger partial charge in [-0.05, 0) is 47.5 Å². The van der Waals surface area contributed by atoms with E-state index >= 15 is 0 Å². The van der Waals surface area contributed by atoms with Crippen LogP contribution >= 0.6 is 0 Å². The summed E-state index contributed by atoms with van der Waals surface area (Å²) in [6.07, 6.45) is 5.60. The molecule has 0 spiro atoms. The number of methoxy groups -OCH3 is 2. The second-order valence-electron chi connectivity index (χ2n) is 6.14. The number of nitrogens with zero attached hydrogens (tertiary/aromatic N) is 2. The first-order chi connectivity index (χ1) is 14.1. The molecule has 6 heteroatoms. The monoisotopic (exact) mass is 388 g/mol. The lowest BCUT2D eigenvalue weighted by molar-refractivity contribution is -0.384. The van der Waals surface area contributed by atoms with Crippen LogP contribution in [0.4, 0.5) is 11.4 Å². The zero-order valence-corrected chi connectivity index (χ0v) is 16.1. The predicted octanol–water partition coefficient (Wildman–Crippen LogP) is 5.53. The van der Waals surface area contributed by atoms with Crippen molar-refractivity contribution in [2.24, 2.45) is 4.99 Å². The fourth-order valence-corrected chi connectivity index (χ4v) is 2.64. The summed E-state index contributed by atoms with van der Waals surface area (Å²) in [6, 6.07) is 19.7. The third kappa shape index (κ3) is 5.29. The molecule has 0 heterocycles. The molecule has 0 unspecified atom stereocenters. The van der Waals surface area contributed by atoms with Gasteiger partial charge in [0, 0.05) is 30.0 Å². The van der Waals surface area contributed by atoms with Gasteiger partial charge in [-0.1, -0.05) is 24.3 Å². The number of nitro benzene ring substituents is 1. The van der Waals surface area contributed by atoms with E-state index in [2.05, 4.69) is 4.99 Å². The summed E-state index contributed by atoms with van der Waals surface area (Å²) in [4.78, 5) is 14.8. The third-order valence-corrected chi connectivity index (χ3v) is 4.26. The normalized spacial score (nSPS) is 11.1. The van der Waals surface area contributed by atoms with Gasteiger partial charge in [0.25, 0.3) is 5.69 Å². The van der Waals surface area contributed by atoms with Crippen LogP contribution in [0.25, 0.3) is 12.2 Å². The number of hydrogen-bond donors (Lipinski definition) is 0. The minimum Gasteiger partial charge on any atom is -0.497 e. The quantitative estimate of drug-likeness (QED) is 0.231. The zero-order valence-electron chi connectivity index (χ0n) is 16.1. The molecular weight excluding hydrogens is 368 g/mol. The van der Waals surface area contributed by atoms with Gasteiger partial charge in [-0.2, -0.15) is 0 Å². The van der Waals surface area contributed by atoms with E-state index in [1.54, 1.807) is 32.6 Å². The first-order valence-corrected chi connectivity index (χ1v) is 8.88. The molecule has 3 aromatic carbocycles. The van der Waals surface area contributed by atoms with Crippen LogP contribution in [0.3, 0.4) is 0 Å². The molecular formula is C23H20N2O4. The lowest BCUT2D eigenvalue weighted by Gasteiger charge is -2.06. The largest absolute Gasteiger partial charge is 0.497 e. The van der Waals surface area contributed by atoms with Gasteiger partial charge in [-0.25, -0.2) is 0 Å². The highest BCUT2D eigenvalue weighted by molar-refractivity contribution is 5.86. The van der Waals surface area contributed by atoms with Crippen molar-refractivity contribution in [2.75, 3.05) is 14.2 Å². The molecule has 0 saturated carbocycles. The van der Waals surface area contributed by atoms with E-state index in [1.165, 1.54) is 12.1 Å². The lowest BCUT2D eigenvalue weighted by atomic mass is 10.1. The molecule has 0 aliphatic heterocycles. The van der Waals surface area contributed by atoms with Gasteiger partial charge in [0.15, 0.2) is 0 Å². The summed E-state index contributed by atoms with van der Waals surface area (Å²) in [5.74, 6) is 1.42. The smallest absolute Gasteiger partial charge is 0.269 e. The molecule has 0 aliphatic carbocycles. The van der Waals surface area contributed by atoms with Crippen LogP contribution in [0.1, 0.15) is 16.7 Å². The third-order valence-electron chi connectivity index (χ3n) is 4.26. The second kappa shape index (κ2) is 9.32. The van der Waals surface area contributed by atoms with Crippen molar-refractivity contribution in [1.29, 1.82) is 0 Å². The highest BCUT2D eigenvalue weighted by Gasteiger charge is 2.03. The first-order valence-electron chi connectivity index (χ1n) is 8.88. The number of rotatable bonds is 7. The standard InChI is InChI=1S/C23H20N2O4/c1-28-22-14-9-19(23(15-22)29-2)16-24-20-10-5-17(6-11-20)3-4-18-7-12-21(13-8-18)25(26)27/h3-16H,1-2H3/b4-3+,24-16?. The van der Waals surface area contributed by atoms with E-state index in [-0.39, 0.29) is 5.69 Å². The van der Waals surface area contributed by atoms with E-state index in [0.717, 1.165) is 28.1 Å². The van der Waals surface area contributed by atoms with Crippen LogP contribution in [-0.4, -0.2) is 25.4 Å². The maximum Gasteiger partial charge on any atom is 0.269 e. The molecule has 146 valence electrons. The Morgan fingerprint density at radius 2 is 1.48 bits per heavy atom. The average molecular weight is 388 g/mol. The molecule has 0 N–H and O–H groups in total. The molecule has 3 rings (SSSR count). The molecule has 0 saturated heterocycles. The van der Waals surface area contributed by atoms with Crippen LogP contribution in [-0.2, 0) is 0 Å². The van der Waals surface area contributed by atoms with E-state index in [4.69, 9.17) is 9.47 Å². The van der Waals surface area contributed by atoms with Crippen molar-refractivity contribution in [3.63, 3.8) is 0 Å². The Balaban J connectivity index is 1.68. The molecule has 0 aromatic heterocycles. The summed E-state index contributed by atoms with van der Waals surface area (Å²) in [5, 5.41) is 10.7. The average Bonchev–Trinajstić information content (AvgIpc) is 2.77. The van der Waals surface area contributed by atoms with E-state index in [1.807, 2.05) is 54.6 Å². The SMILES string of the molecule is COc1ccc(C=Nc2ccc(/C=C/c3ccc([N+](=O)[O-])cc3)cc2)c(OC)c1. The Hall–Kier alpha value is -3.93. The number of ether oxygens (including phenoxy) is 2. The predicted molar refractivity (Wildman–Crippen MR) is 115 cm³/mol. The van der Waals surface area contributed by atoms with Crippen molar-refractivity contribution in [3.8, 4) is 11.5 Å². The number of benzene rings is 3. The molecule has 0 amide bonds. The molecule has 0 aliphatic rings. The number of non-ortho nitro benzene ring substituents is 1. The van der Waals surface area contributed by atoms with Gasteiger partial charge in [-0.15, -0.1) is 0 Å². The van der Waals surface area contributed by atoms with Gasteiger partial charge in [0.1, 0.15) is 11.5 Å². The highest BCUT2D eigenvalue weighted by Crippen LogP contribution is 2.24. The lowest BCUT2D eigenvalue weighted by Crippen LogP contribution is -1.92. The Kier molecular flexibility index (Phi) is 6.37. The topological polar surface area (TPSA) is 74.0 Å². The Morgan fingerprint density at radius 1 is 0.862 bits per heavy atom. The molecule has 0 atom stereocenters. The van der Waals surface area contributed by atoms with Gasteiger partial charge in [0.05, 0.1) is 24.8 Å². The molecule has 29 heavy (non-hydrogen) atoms. The summed E-state index contributed by atoms with van der Waals surface area (Å²) in [5.41, 5.74) is 3.65. The second-order valence-corrected chi connectivity index (χ2v) is 6.14. The van der Waals surface area contributed by atoms with E-state index in [9.17, 15) is 10.1 Å². The Labute approximate surface area is 168 Å². The zero-order chi connectivity index (χ0) is 20.6. The van der Waals surface area contributed by atoms with Gasteiger partial charge in [-0.3, -0.25) is 15.1 Å². The van der Waals surface area contributed by atoms with Crippen LogP contribution < -0.4 is 9.47 Å². The summed E-state index contributed by atoms with van der Waals surface area (Å²) in [7, 11) is 3.22. The van der Waals surface area contributed by atoms with Gasteiger partial charge < -0.3 is 9.47 Å². The summed E-state index contributed by atoms with van der Waals surface area (Å²) >= 11 is 0. The molecule has 6 nitrogen and oxygen atoms in total.